The lowest BCUT2D eigenvalue weighted by atomic mass is 9.90. The Morgan fingerprint density at radius 3 is 2.42 bits per heavy atom. The minimum atomic E-state index is -1.45. The Balaban J connectivity index is 1.48. The number of carbonyl (C=O) groups excluding carboxylic acids is 2. The van der Waals surface area contributed by atoms with E-state index in [1.54, 1.807) is 30.5 Å². The number of carbonyl (C=O) groups is 2. The summed E-state index contributed by atoms with van der Waals surface area (Å²) in [7, 11) is 3.07. The number of nitrogens with one attached hydrogen (secondary N) is 2. The zero-order chi connectivity index (χ0) is 27.4. The van der Waals surface area contributed by atoms with Gasteiger partial charge in [0.05, 0.1) is 31.6 Å². The Kier molecular flexibility index (Phi) is 7.82. The normalized spacial score (nSPS) is 15.0. The molecule has 1 atom stereocenters. The molecule has 9 nitrogen and oxygen atoms in total. The molecule has 198 valence electrons. The Bertz CT molecular complexity index is 1460. The maximum atomic E-state index is 13.3. The number of benzene rings is 1. The largest absolute Gasteiger partial charge is 0.493 e. The van der Waals surface area contributed by atoms with Crippen molar-refractivity contribution >= 4 is 40.0 Å². The highest BCUT2D eigenvalue weighted by Gasteiger charge is 2.36. The molecule has 38 heavy (non-hydrogen) atoms. The van der Waals surface area contributed by atoms with Gasteiger partial charge in [-0.2, -0.15) is 0 Å². The van der Waals surface area contributed by atoms with Crippen LogP contribution in [0.1, 0.15) is 20.3 Å². The summed E-state index contributed by atoms with van der Waals surface area (Å²) in [6, 6.07) is 6.59. The number of allylic oxidation sites excluding steroid dienone is 3. The van der Waals surface area contributed by atoms with Gasteiger partial charge >= 0.3 is 0 Å². The summed E-state index contributed by atoms with van der Waals surface area (Å²) in [5.41, 5.74) is -0.115. The average Bonchev–Trinajstić information content (AvgIpc) is 2.90. The number of hydrogen-bond acceptors (Lipinski definition) is 7. The van der Waals surface area contributed by atoms with Crippen molar-refractivity contribution in [3.63, 3.8) is 0 Å². The van der Waals surface area contributed by atoms with Crippen molar-refractivity contribution in [3.8, 4) is 23.1 Å². The van der Waals surface area contributed by atoms with E-state index in [1.807, 2.05) is 0 Å². The quantitative estimate of drug-likeness (QED) is 0.370. The molecule has 0 fully saturated rings. The third kappa shape index (κ3) is 5.70. The van der Waals surface area contributed by atoms with Gasteiger partial charge in [-0.15, -0.1) is 0 Å². The van der Waals surface area contributed by atoms with Crippen LogP contribution >= 0.6 is 11.6 Å². The minimum absolute atomic E-state index is 0.103. The summed E-state index contributed by atoms with van der Waals surface area (Å²) in [4.78, 5) is 34.2. The van der Waals surface area contributed by atoms with E-state index in [9.17, 15) is 14.0 Å². The molecular weight excluding hydrogens is 515 g/mol. The molecule has 3 aromatic rings. The van der Waals surface area contributed by atoms with Crippen LogP contribution in [0.25, 0.3) is 10.9 Å². The van der Waals surface area contributed by atoms with Crippen molar-refractivity contribution in [2.24, 2.45) is 5.41 Å². The van der Waals surface area contributed by atoms with Gasteiger partial charge in [0.25, 0.3) is 0 Å². The van der Waals surface area contributed by atoms with E-state index in [0.29, 0.717) is 33.8 Å². The second-order valence-electron chi connectivity index (χ2n) is 8.95. The summed E-state index contributed by atoms with van der Waals surface area (Å²) < 4.78 is 29.9. The van der Waals surface area contributed by atoms with Gasteiger partial charge < -0.3 is 24.8 Å². The van der Waals surface area contributed by atoms with E-state index in [-0.39, 0.29) is 23.0 Å². The van der Waals surface area contributed by atoms with E-state index < -0.39 is 23.4 Å². The first kappa shape index (κ1) is 26.9. The SMILES string of the molecule is COc1cc2nccc(Oc3ncc(NC(=O)C(C)(C)C(=O)NC4=CCC(F)C=C4)cc3Cl)c2cc1OC. The number of rotatable bonds is 8. The van der Waals surface area contributed by atoms with Gasteiger partial charge in [0.1, 0.15) is 22.4 Å². The number of ether oxygens (including phenoxy) is 3. The molecule has 0 radical (unpaired) electrons. The van der Waals surface area contributed by atoms with Crippen molar-refractivity contribution < 1.29 is 28.2 Å². The first-order chi connectivity index (χ1) is 18.1. The van der Waals surface area contributed by atoms with Crippen LogP contribution in [0.3, 0.4) is 0 Å². The topological polar surface area (TPSA) is 112 Å². The van der Waals surface area contributed by atoms with Gasteiger partial charge in [-0.1, -0.05) is 17.7 Å². The van der Waals surface area contributed by atoms with Gasteiger partial charge in [0.15, 0.2) is 11.5 Å². The molecule has 2 heterocycles. The molecule has 1 aliphatic carbocycles. The fraction of sp³-hybridized carbons (Fsp3) is 0.259. The monoisotopic (exact) mass is 540 g/mol. The number of fused-ring (bicyclic) bond motifs is 1. The highest BCUT2D eigenvalue weighted by Crippen LogP contribution is 2.38. The predicted octanol–water partition coefficient (Wildman–Crippen LogP) is 5.36. The van der Waals surface area contributed by atoms with Crippen LogP contribution in [0.15, 0.2) is 60.6 Å². The summed E-state index contributed by atoms with van der Waals surface area (Å²) in [6.07, 6.45) is 6.41. The van der Waals surface area contributed by atoms with Crippen LogP contribution in [0.2, 0.25) is 5.02 Å². The average molecular weight is 541 g/mol. The second kappa shape index (κ2) is 11.1. The first-order valence-corrected chi connectivity index (χ1v) is 12.0. The number of anilines is 1. The lowest BCUT2D eigenvalue weighted by Gasteiger charge is -2.23. The fourth-order valence-corrected chi connectivity index (χ4v) is 3.78. The molecule has 0 spiro atoms. The maximum Gasteiger partial charge on any atom is 0.239 e. The number of alkyl halides is 1. The van der Waals surface area contributed by atoms with Crippen molar-refractivity contribution in [1.82, 2.24) is 15.3 Å². The minimum Gasteiger partial charge on any atom is -0.493 e. The number of nitrogens with zero attached hydrogens (tertiary/aromatic N) is 2. The molecule has 0 bridgehead atoms. The number of methoxy groups -OCH3 is 2. The standard InChI is InChI=1S/C27H26ClFN4O5/c1-27(2,25(34)32-16-7-5-15(29)6-8-16)26(35)33-17-11-19(28)24(31-14-17)38-21-9-10-30-20-13-23(37-4)22(36-3)12-18(20)21/h5,7-15H,6H2,1-4H3,(H,32,34)(H,33,35). The van der Waals surface area contributed by atoms with Gasteiger partial charge in [-0.05, 0) is 44.2 Å². The molecule has 0 saturated heterocycles. The molecule has 1 aromatic carbocycles. The number of amides is 2. The Morgan fingerprint density at radius 1 is 1.05 bits per heavy atom. The van der Waals surface area contributed by atoms with Gasteiger partial charge in [0.2, 0.25) is 17.7 Å². The molecule has 2 N–H and O–H groups in total. The van der Waals surface area contributed by atoms with Gasteiger partial charge in [0, 0.05) is 29.8 Å². The third-order valence-electron chi connectivity index (χ3n) is 5.92. The van der Waals surface area contributed by atoms with E-state index in [2.05, 4.69) is 20.6 Å². The van der Waals surface area contributed by atoms with Crippen molar-refractivity contribution in [2.45, 2.75) is 26.4 Å². The van der Waals surface area contributed by atoms with Crippen molar-refractivity contribution in [2.75, 3.05) is 19.5 Å². The zero-order valence-electron chi connectivity index (χ0n) is 21.2. The van der Waals surface area contributed by atoms with Crippen LogP contribution in [-0.2, 0) is 9.59 Å². The number of aromatic nitrogens is 2. The first-order valence-electron chi connectivity index (χ1n) is 11.6. The molecule has 11 heteroatoms. The fourth-order valence-electron chi connectivity index (χ4n) is 3.57. The number of hydrogen-bond donors (Lipinski definition) is 2. The Hall–Kier alpha value is -4.18. The highest BCUT2D eigenvalue weighted by molar-refractivity contribution is 6.32. The van der Waals surface area contributed by atoms with E-state index in [4.69, 9.17) is 25.8 Å². The molecule has 0 saturated carbocycles. The smallest absolute Gasteiger partial charge is 0.239 e. The summed E-state index contributed by atoms with van der Waals surface area (Å²) in [6.45, 7) is 2.96. The molecule has 1 aliphatic rings. The van der Waals surface area contributed by atoms with E-state index in [0.717, 1.165) is 0 Å². The number of pyridine rings is 2. The predicted molar refractivity (Wildman–Crippen MR) is 141 cm³/mol. The van der Waals surface area contributed by atoms with Crippen LogP contribution in [0.5, 0.6) is 23.1 Å². The number of halogens is 2. The van der Waals surface area contributed by atoms with E-state index >= 15 is 0 Å². The summed E-state index contributed by atoms with van der Waals surface area (Å²) in [5, 5.41) is 6.09. The van der Waals surface area contributed by atoms with E-state index in [1.165, 1.54) is 52.5 Å². The summed E-state index contributed by atoms with van der Waals surface area (Å²) in [5.74, 6) is 0.448. The molecule has 1 unspecified atom stereocenters. The summed E-state index contributed by atoms with van der Waals surface area (Å²) >= 11 is 6.41. The molecule has 4 rings (SSSR count). The molecule has 2 amide bonds. The Morgan fingerprint density at radius 2 is 1.76 bits per heavy atom. The van der Waals surface area contributed by atoms with Gasteiger partial charge in [-0.3, -0.25) is 14.6 Å². The van der Waals surface area contributed by atoms with Crippen molar-refractivity contribution in [1.29, 1.82) is 0 Å². The lowest BCUT2D eigenvalue weighted by molar-refractivity contribution is -0.137. The van der Waals surface area contributed by atoms with Crippen molar-refractivity contribution in [3.05, 3.63) is 65.6 Å². The molecular formula is C27H26ClFN4O5. The van der Waals surface area contributed by atoms with Crippen LogP contribution in [0, 0.1) is 5.41 Å². The zero-order valence-corrected chi connectivity index (χ0v) is 21.9. The Labute approximate surface area is 223 Å². The third-order valence-corrected chi connectivity index (χ3v) is 6.19. The lowest BCUT2D eigenvalue weighted by Crippen LogP contribution is -2.44. The molecule has 2 aromatic heterocycles. The second-order valence-corrected chi connectivity index (χ2v) is 9.36. The molecule has 0 aliphatic heterocycles. The van der Waals surface area contributed by atoms with Crippen LogP contribution < -0.4 is 24.8 Å². The van der Waals surface area contributed by atoms with Gasteiger partial charge in [-0.25, -0.2) is 9.37 Å². The maximum absolute atomic E-state index is 13.3. The van der Waals surface area contributed by atoms with Crippen LogP contribution in [0.4, 0.5) is 10.1 Å². The van der Waals surface area contributed by atoms with Crippen LogP contribution in [-0.4, -0.2) is 42.2 Å². The highest BCUT2D eigenvalue weighted by atomic mass is 35.5.